The van der Waals surface area contributed by atoms with Crippen LogP contribution in [0.25, 0.3) is 0 Å². The van der Waals surface area contributed by atoms with Crippen molar-refractivity contribution in [3.05, 3.63) is 29.6 Å². The summed E-state index contributed by atoms with van der Waals surface area (Å²) in [5, 5.41) is 0. The Morgan fingerprint density at radius 1 is 1.44 bits per heavy atom. The SMILES string of the molecule is CCc1cccc(C#CCOC2CCCCO2)n1. The van der Waals surface area contributed by atoms with Gasteiger partial charge in [0, 0.05) is 12.3 Å². The van der Waals surface area contributed by atoms with Crippen molar-refractivity contribution in [1.29, 1.82) is 0 Å². The average Bonchev–Trinajstić information content (AvgIpc) is 2.45. The molecule has 0 saturated carbocycles. The highest BCUT2D eigenvalue weighted by Gasteiger charge is 2.12. The largest absolute Gasteiger partial charge is 0.353 e. The third kappa shape index (κ3) is 4.14. The Morgan fingerprint density at radius 3 is 3.17 bits per heavy atom. The Bertz CT molecular complexity index is 428. The molecule has 0 amide bonds. The Labute approximate surface area is 109 Å². The van der Waals surface area contributed by atoms with Crippen molar-refractivity contribution in [3.63, 3.8) is 0 Å². The van der Waals surface area contributed by atoms with Crippen LogP contribution in [-0.2, 0) is 15.9 Å². The van der Waals surface area contributed by atoms with Crippen molar-refractivity contribution in [2.45, 2.75) is 38.9 Å². The molecular formula is C15H19NO2. The summed E-state index contributed by atoms with van der Waals surface area (Å²) in [6.07, 6.45) is 4.16. The van der Waals surface area contributed by atoms with Crippen LogP contribution in [0.5, 0.6) is 0 Å². The molecule has 0 N–H and O–H groups in total. The summed E-state index contributed by atoms with van der Waals surface area (Å²) in [5.74, 6) is 6.00. The van der Waals surface area contributed by atoms with Crippen LogP contribution in [0.2, 0.25) is 0 Å². The van der Waals surface area contributed by atoms with E-state index in [0.29, 0.717) is 6.61 Å². The molecule has 1 saturated heterocycles. The van der Waals surface area contributed by atoms with Crippen molar-refractivity contribution in [1.82, 2.24) is 4.98 Å². The van der Waals surface area contributed by atoms with Crippen LogP contribution in [0.15, 0.2) is 18.2 Å². The van der Waals surface area contributed by atoms with Crippen molar-refractivity contribution in [2.75, 3.05) is 13.2 Å². The minimum atomic E-state index is -0.0667. The molecule has 1 aliphatic rings. The van der Waals surface area contributed by atoms with E-state index in [1.54, 1.807) is 0 Å². The van der Waals surface area contributed by atoms with Gasteiger partial charge in [-0.15, -0.1) is 0 Å². The fraction of sp³-hybridized carbons (Fsp3) is 0.533. The summed E-state index contributed by atoms with van der Waals surface area (Å²) in [6.45, 7) is 3.30. The molecular weight excluding hydrogens is 226 g/mol. The zero-order valence-corrected chi connectivity index (χ0v) is 10.8. The molecule has 1 aromatic heterocycles. The predicted molar refractivity (Wildman–Crippen MR) is 70.0 cm³/mol. The molecule has 1 unspecified atom stereocenters. The average molecular weight is 245 g/mol. The fourth-order valence-electron chi connectivity index (χ4n) is 1.85. The Balaban J connectivity index is 1.80. The molecule has 1 atom stereocenters. The normalized spacial score (nSPS) is 19.1. The van der Waals surface area contributed by atoms with Gasteiger partial charge < -0.3 is 9.47 Å². The Hall–Kier alpha value is -1.37. The number of nitrogens with zero attached hydrogens (tertiary/aromatic N) is 1. The van der Waals surface area contributed by atoms with Gasteiger partial charge in [0.2, 0.25) is 0 Å². The van der Waals surface area contributed by atoms with E-state index < -0.39 is 0 Å². The van der Waals surface area contributed by atoms with E-state index in [4.69, 9.17) is 9.47 Å². The number of aromatic nitrogens is 1. The van der Waals surface area contributed by atoms with Gasteiger partial charge in [0.05, 0.1) is 0 Å². The maximum atomic E-state index is 5.54. The first-order chi connectivity index (χ1) is 8.88. The molecule has 96 valence electrons. The van der Waals surface area contributed by atoms with Gasteiger partial charge in [-0.25, -0.2) is 4.98 Å². The summed E-state index contributed by atoms with van der Waals surface area (Å²) in [6, 6.07) is 5.92. The zero-order chi connectivity index (χ0) is 12.6. The zero-order valence-electron chi connectivity index (χ0n) is 10.8. The van der Waals surface area contributed by atoms with Gasteiger partial charge in [-0.1, -0.05) is 18.9 Å². The predicted octanol–water partition coefficient (Wildman–Crippen LogP) is 2.54. The van der Waals surface area contributed by atoms with Gasteiger partial charge in [0.1, 0.15) is 12.3 Å². The molecule has 0 radical (unpaired) electrons. The van der Waals surface area contributed by atoms with Crippen LogP contribution in [0.4, 0.5) is 0 Å². The summed E-state index contributed by atoms with van der Waals surface area (Å²) in [7, 11) is 0. The van der Waals surface area contributed by atoms with Crippen LogP contribution in [-0.4, -0.2) is 24.5 Å². The fourth-order valence-corrected chi connectivity index (χ4v) is 1.85. The minimum absolute atomic E-state index is 0.0667. The Morgan fingerprint density at radius 2 is 2.39 bits per heavy atom. The molecule has 2 rings (SSSR count). The van der Waals surface area contributed by atoms with E-state index in [1.807, 2.05) is 18.2 Å². The molecule has 1 fully saturated rings. The van der Waals surface area contributed by atoms with E-state index in [9.17, 15) is 0 Å². The van der Waals surface area contributed by atoms with Gasteiger partial charge in [0.25, 0.3) is 0 Å². The smallest absolute Gasteiger partial charge is 0.158 e. The first kappa shape index (κ1) is 13.1. The highest BCUT2D eigenvalue weighted by molar-refractivity contribution is 5.28. The second-order valence-corrected chi connectivity index (χ2v) is 4.28. The van der Waals surface area contributed by atoms with Crippen molar-refractivity contribution in [2.24, 2.45) is 0 Å². The third-order valence-corrected chi connectivity index (χ3v) is 2.86. The van der Waals surface area contributed by atoms with Crippen LogP contribution < -0.4 is 0 Å². The van der Waals surface area contributed by atoms with Gasteiger partial charge >= 0.3 is 0 Å². The minimum Gasteiger partial charge on any atom is -0.353 e. The van der Waals surface area contributed by atoms with Crippen LogP contribution in [0, 0.1) is 11.8 Å². The third-order valence-electron chi connectivity index (χ3n) is 2.86. The molecule has 0 aliphatic carbocycles. The molecule has 0 spiro atoms. The number of rotatable bonds is 3. The maximum absolute atomic E-state index is 5.54. The van der Waals surface area contributed by atoms with Gasteiger partial charge in [-0.2, -0.15) is 0 Å². The van der Waals surface area contributed by atoms with Gasteiger partial charge in [-0.3, -0.25) is 0 Å². The molecule has 3 heteroatoms. The highest BCUT2D eigenvalue weighted by Crippen LogP contribution is 2.13. The summed E-state index contributed by atoms with van der Waals surface area (Å²) < 4.78 is 11.0. The molecule has 18 heavy (non-hydrogen) atoms. The van der Waals surface area contributed by atoms with Crippen molar-refractivity contribution < 1.29 is 9.47 Å². The molecule has 1 aromatic rings. The van der Waals surface area contributed by atoms with Crippen molar-refractivity contribution >= 4 is 0 Å². The van der Waals surface area contributed by atoms with E-state index >= 15 is 0 Å². The monoisotopic (exact) mass is 245 g/mol. The molecule has 3 nitrogen and oxygen atoms in total. The second-order valence-electron chi connectivity index (χ2n) is 4.28. The highest BCUT2D eigenvalue weighted by atomic mass is 16.7. The first-order valence-corrected chi connectivity index (χ1v) is 6.56. The lowest BCUT2D eigenvalue weighted by atomic mass is 10.2. The second kappa shape index (κ2) is 7.15. The lowest BCUT2D eigenvalue weighted by molar-refractivity contribution is -0.154. The Kier molecular flexibility index (Phi) is 5.19. The van der Waals surface area contributed by atoms with Crippen LogP contribution >= 0.6 is 0 Å². The van der Waals surface area contributed by atoms with E-state index in [2.05, 4.69) is 23.7 Å². The summed E-state index contributed by atoms with van der Waals surface area (Å²) >= 11 is 0. The van der Waals surface area contributed by atoms with Crippen molar-refractivity contribution in [3.8, 4) is 11.8 Å². The quantitative estimate of drug-likeness (QED) is 0.767. The topological polar surface area (TPSA) is 31.4 Å². The lowest BCUT2D eigenvalue weighted by Crippen LogP contribution is -2.22. The van der Waals surface area contributed by atoms with E-state index in [-0.39, 0.29) is 6.29 Å². The summed E-state index contributed by atoms with van der Waals surface area (Å²) in [4.78, 5) is 4.42. The standard InChI is InChI=1S/C15H19NO2/c1-2-13-7-5-8-14(16-13)9-6-12-18-15-10-3-4-11-17-15/h5,7-8,15H,2-4,10-12H2,1H3. The number of hydrogen-bond acceptors (Lipinski definition) is 3. The number of hydrogen-bond donors (Lipinski definition) is 0. The number of pyridine rings is 1. The molecule has 0 aromatic carbocycles. The number of ether oxygens (including phenoxy) is 2. The van der Waals surface area contributed by atoms with Gasteiger partial charge in [0.15, 0.2) is 6.29 Å². The molecule has 1 aliphatic heterocycles. The van der Waals surface area contributed by atoms with E-state index in [0.717, 1.165) is 37.3 Å². The first-order valence-electron chi connectivity index (χ1n) is 6.56. The van der Waals surface area contributed by atoms with Gasteiger partial charge in [-0.05, 0) is 43.7 Å². The number of aryl methyl sites for hydroxylation is 1. The lowest BCUT2D eigenvalue weighted by Gasteiger charge is -2.21. The van der Waals surface area contributed by atoms with E-state index in [1.165, 1.54) is 6.42 Å². The van der Waals surface area contributed by atoms with Crippen LogP contribution in [0.1, 0.15) is 37.6 Å². The molecule has 2 heterocycles. The van der Waals surface area contributed by atoms with Crippen LogP contribution in [0.3, 0.4) is 0 Å². The molecule has 0 bridgehead atoms. The maximum Gasteiger partial charge on any atom is 0.158 e. The summed E-state index contributed by atoms with van der Waals surface area (Å²) in [5.41, 5.74) is 1.88.